The van der Waals surface area contributed by atoms with Crippen molar-refractivity contribution in [1.29, 1.82) is 0 Å². The van der Waals surface area contributed by atoms with E-state index in [-0.39, 0.29) is 18.4 Å². The zero-order valence-electron chi connectivity index (χ0n) is 15.2. The van der Waals surface area contributed by atoms with Gasteiger partial charge in [0.05, 0.1) is 0 Å². The van der Waals surface area contributed by atoms with E-state index in [2.05, 4.69) is 19.1 Å². The van der Waals surface area contributed by atoms with Gasteiger partial charge < -0.3 is 14.7 Å². The summed E-state index contributed by atoms with van der Waals surface area (Å²) in [5.74, 6) is -0.187. The van der Waals surface area contributed by atoms with E-state index >= 15 is 0 Å². The van der Waals surface area contributed by atoms with Crippen molar-refractivity contribution in [2.45, 2.75) is 32.2 Å². The number of carbonyl (C=O) groups excluding carboxylic acids is 1. The molecule has 138 valence electrons. The van der Waals surface area contributed by atoms with Crippen LogP contribution in [0.3, 0.4) is 0 Å². The SMILES string of the molecule is CCC(CC(=O)N(C)Cc1ccc(OCC(=O)O)cc1)c1ccccc1. The van der Waals surface area contributed by atoms with Gasteiger partial charge in [-0.15, -0.1) is 0 Å². The molecule has 0 bridgehead atoms. The summed E-state index contributed by atoms with van der Waals surface area (Å²) in [7, 11) is 1.80. The summed E-state index contributed by atoms with van der Waals surface area (Å²) in [6.07, 6.45) is 1.40. The lowest BCUT2D eigenvalue weighted by molar-refractivity contribution is -0.139. The smallest absolute Gasteiger partial charge is 0.341 e. The fraction of sp³-hybridized carbons (Fsp3) is 0.333. The molecule has 2 aromatic rings. The normalized spacial score (nSPS) is 11.6. The number of aliphatic carboxylic acids is 1. The first kappa shape index (κ1) is 19.5. The van der Waals surface area contributed by atoms with Crippen molar-refractivity contribution >= 4 is 11.9 Å². The molecule has 0 radical (unpaired) electrons. The van der Waals surface area contributed by atoms with E-state index in [1.807, 2.05) is 30.3 Å². The maximum absolute atomic E-state index is 12.6. The molecule has 0 aliphatic rings. The standard InChI is InChI=1S/C21H25NO4/c1-3-17(18-7-5-4-6-8-18)13-20(23)22(2)14-16-9-11-19(12-10-16)26-15-21(24)25/h4-12,17H,3,13-15H2,1-2H3,(H,24,25). The van der Waals surface area contributed by atoms with E-state index in [0.717, 1.165) is 12.0 Å². The van der Waals surface area contributed by atoms with Gasteiger partial charge in [0.15, 0.2) is 6.61 Å². The van der Waals surface area contributed by atoms with Crippen molar-refractivity contribution in [1.82, 2.24) is 4.90 Å². The quantitative estimate of drug-likeness (QED) is 0.745. The number of rotatable bonds is 9. The molecular weight excluding hydrogens is 330 g/mol. The Bertz CT molecular complexity index is 713. The van der Waals surface area contributed by atoms with Gasteiger partial charge in [-0.2, -0.15) is 0 Å². The van der Waals surface area contributed by atoms with E-state index in [4.69, 9.17) is 9.84 Å². The monoisotopic (exact) mass is 355 g/mol. The first-order chi connectivity index (χ1) is 12.5. The van der Waals surface area contributed by atoms with Gasteiger partial charge in [0, 0.05) is 20.0 Å². The lowest BCUT2D eigenvalue weighted by Crippen LogP contribution is -2.27. The first-order valence-electron chi connectivity index (χ1n) is 8.72. The fourth-order valence-corrected chi connectivity index (χ4v) is 2.79. The largest absolute Gasteiger partial charge is 0.482 e. The molecule has 0 fully saturated rings. The molecule has 26 heavy (non-hydrogen) atoms. The average Bonchev–Trinajstić information content (AvgIpc) is 2.66. The van der Waals surface area contributed by atoms with E-state index in [1.54, 1.807) is 24.1 Å². The zero-order valence-corrected chi connectivity index (χ0v) is 15.2. The number of hydrogen-bond donors (Lipinski definition) is 1. The Labute approximate surface area is 154 Å². The molecule has 5 heteroatoms. The van der Waals surface area contributed by atoms with Gasteiger partial charge >= 0.3 is 5.97 Å². The topological polar surface area (TPSA) is 66.8 Å². The number of benzene rings is 2. The third kappa shape index (κ3) is 5.92. The summed E-state index contributed by atoms with van der Waals surface area (Å²) in [4.78, 5) is 24.8. The summed E-state index contributed by atoms with van der Waals surface area (Å²) in [6.45, 7) is 2.24. The molecule has 0 saturated heterocycles. The fourth-order valence-electron chi connectivity index (χ4n) is 2.79. The van der Waals surface area contributed by atoms with Crippen molar-refractivity contribution in [2.75, 3.05) is 13.7 Å². The molecule has 1 unspecified atom stereocenters. The highest BCUT2D eigenvalue weighted by Gasteiger charge is 2.17. The Morgan fingerprint density at radius 2 is 1.73 bits per heavy atom. The molecule has 5 nitrogen and oxygen atoms in total. The maximum Gasteiger partial charge on any atom is 0.341 e. The van der Waals surface area contributed by atoms with Crippen LogP contribution >= 0.6 is 0 Å². The molecule has 2 aromatic carbocycles. The molecular formula is C21H25NO4. The number of carboxylic acids is 1. The van der Waals surface area contributed by atoms with E-state index < -0.39 is 5.97 Å². The predicted octanol–water partition coefficient (Wildman–Crippen LogP) is 3.69. The van der Waals surface area contributed by atoms with Crippen LogP contribution in [0.4, 0.5) is 0 Å². The number of carboxylic acid groups (broad SMARTS) is 1. The summed E-state index contributed by atoms with van der Waals surface area (Å²) in [6, 6.07) is 17.2. The third-order valence-electron chi connectivity index (χ3n) is 4.32. The summed E-state index contributed by atoms with van der Waals surface area (Å²) < 4.78 is 5.11. The Morgan fingerprint density at radius 1 is 1.08 bits per heavy atom. The molecule has 0 aliphatic carbocycles. The minimum absolute atomic E-state index is 0.104. The van der Waals surface area contributed by atoms with Crippen LogP contribution in [0.1, 0.15) is 36.8 Å². The van der Waals surface area contributed by atoms with Crippen molar-refractivity contribution in [3.8, 4) is 5.75 Å². The molecule has 0 saturated carbocycles. The molecule has 0 spiro atoms. The van der Waals surface area contributed by atoms with Crippen LogP contribution in [0, 0.1) is 0 Å². The Hall–Kier alpha value is -2.82. The highest BCUT2D eigenvalue weighted by Crippen LogP contribution is 2.24. The van der Waals surface area contributed by atoms with Crippen LogP contribution in [0.25, 0.3) is 0 Å². The summed E-state index contributed by atoms with van der Waals surface area (Å²) >= 11 is 0. The molecule has 0 heterocycles. The number of amides is 1. The summed E-state index contributed by atoms with van der Waals surface area (Å²) in [5.41, 5.74) is 2.16. The van der Waals surface area contributed by atoms with Crippen LogP contribution in [0.2, 0.25) is 0 Å². The van der Waals surface area contributed by atoms with Gasteiger partial charge in [-0.05, 0) is 35.6 Å². The number of nitrogens with zero attached hydrogens (tertiary/aromatic N) is 1. The van der Waals surface area contributed by atoms with Crippen molar-refractivity contribution in [2.24, 2.45) is 0 Å². The van der Waals surface area contributed by atoms with E-state index in [0.29, 0.717) is 18.7 Å². The third-order valence-corrected chi connectivity index (χ3v) is 4.32. The van der Waals surface area contributed by atoms with Crippen LogP contribution in [0.15, 0.2) is 54.6 Å². The molecule has 0 aromatic heterocycles. The number of hydrogen-bond acceptors (Lipinski definition) is 3. The van der Waals surface area contributed by atoms with Crippen molar-refractivity contribution in [3.05, 3.63) is 65.7 Å². The predicted molar refractivity (Wildman–Crippen MR) is 100 cm³/mol. The van der Waals surface area contributed by atoms with Gasteiger partial charge in [-0.3, -0.25) is 4.79 Å². The number of carbonyl (C=O) groups is 2. The summed E-state index contributed by atoms with van der Waals surface area (Å²) in [5, 5.41) is 8.61. The van der Waals surface area contributed by atoms with Gasteiger partial charge in [0.25, 0.3) is 0 Å². The lowest BCUT2D eigenvalue weighted by Gasteiger charge is -2.21. The molecule has 2 rings (SSSR count). The second-order valence-corrected chi connectivity index (χ2v) is 6.30. The maximum atomic E-state index is 12.6. The van der Waals surface area contributed by atoms with Crippen LogP contribution in [-0.4, -0.2) is 35.5 Å². The second kappa shape index (κ2) is 9.61. The van der Waals surface area contributed by atoms with Gasteiger partial charge in [0.1, 0.15) is 5.75 Å². The minimum atomic E-state index is -1.01. The lowest BCUT2D eigenvalue weighted by atomic mass is 9.93. The highest BCUT2D eigenvalue weighted by atomic mass is 16.5. The van der Waals surface area contributed by atoms with E-state index in [9.17, 15) is 9.59 Å². The van der Waals surface area contributed by atoms with Crippen LogP contribution in [-0.2, 0) is 16.1 Å². The van der Waals surface area contributed by atoms with Crippen molar-refractivity contribution in [3.63, 3.8) is 0 Å². The average molecular weight is 355 g/mol. The van der Waals surface area contributed by atoms with E-state index in [1.165, 1.54) is 5.56 Å². The second-order valence-electron chi connectivity index (χ2n) is 6.30. The van der Waals surface area contributed by atoms with Gasteiger partial charge in [-0.1, -0.05) is 49.4 Å². The van der Waals surface area contributed by atoms with Crippen LogP contribution < -0.4 is 4.74 Å². The molecule has 1 amide bonds. The molecule has 1 N–H and O–H groups in total. The van der Waals surface area contributed by atoms with Gasteiger partial charge in [0.2, 0.25) is 5.91 Å². The highest BCUT2D eigenvalue weighted by molar-refractivity contribution is 5.76. The Balaban J connectivity index is 1.90. The zero-order chi connectivity index (χ0) is 18.9. The Kier molecular flexibility index (Phi) is 7.21. The van der Waals surface area contributed by atoms with Crippen molar-refractivity contribution < 1.29 is 19.4 Å². The van der Waals surface area contributed by atoms with Crippen LogP contribution in [0.5, 0.6) is 5.75 Å². The molecule has 1 atom stereocenters. The molecule has 0 aliphatic heterocycles. The van der Waals surface area contributed by atoms with Gasteiger partial charge in [-0.25, -0.2) is 4.79 Å². The number of ether oxygens (including phenoxy) is 1. The Morgan fingerprint density at radius 3 is 2.31 bits per heavy atom. The first-order valence-corrected chi connectivity index (χ1v) is 8.72. The minimum Gasteiger partial charge on any atom is -0.482 e.